The van der Waals surface area contributed by atoms with E-state index in [9.17, 15) is 13.0 Å². The summed E-state index contributed by atoms with van der Waals surface area (Å²) in [5.74, 6) is 0.0127. The third-order valence-corrected chi connectivity index (χ3v) is 1.87. The Morgan fingerprint density at radius 2 is 1.75 bits per heavy atom. The molecule has 0 aliphatic rings. The molecule has 5 nitrogen and oxygen atoms in total. The molecule has 0 aliphatic carbocycles. The zero-order valence-electron chi connectivity index (χ0n) is 7.44. The van der Waals surface area contributed by atoms with Crippen molar-refractivity contribution in [3.63, 3.8) is 0 Å². The molecule has 70 valence electrons. The van der Waals surface area contributed by atoms with Crippen molar-refractivity contribution in [2.45, 2.75) is 25.7 Å². The molecule has 0 spiro atoms. The van der Waals surface area contributed by atoms with E-state index >= 15 is 0 Å². The maximum Gasteiger partial charge on any atom is 1.00 e. The summed E-state index contributed by atoms with van der Waals surface area (Å²) in [5.41, 5.74) is -1.74. The Morgan fingerprint density at radius 3 is 1.83 bits per heavy atom. The summed E-state index contributed by atoms with van der Waals surface area (Å²) in [4.78, 5) is 0. The molecule has 0 aromatic rings. The van der Waals surface area contributed by atoms with Gasteiger partial charge in [-0.05, 0) is 12.3 Å². The average Bonchev–Trinajstić information content (AvgIpc) is 1.60. The molecule has 1 unspecified atom stereocenters. The van der Waals surface area contributed by atoms with E-state index in [1.54, 1.807) is 13.8 Å². The first-order valence-electron chi connectivity index (χ1n) is 2.97. The van der Waals surface area contributed by atoms with Crippen molar-refractivity contribution >= 4 is 10.1 Å². The molecule has 1 atom stereocenters. The Labute approximate surface area is 94.5 Å². The van der Waals surface area contributed by atoms with E-state index in [-0.39, 0.29) is 47.4 Å². The molecule has 0 saturated heterocycles. The van der Waals surface area contributed by atoms with Gasteiger partial charge in [-0.15, -0.1) is 0 Å². The van der Waals surface area contributed by atoms with Crippen LogP contribution in [-0.4, -0.2) is 29.0 Å². The van der Waals surface area contributed by atoms with E-state index in [1.165, 1.54) is 0 Å². The van der Waals surface area contributed by atoms with Gasteiger partial charge < -0.3 is 15.1 Å². The Morgan fingerprint density at radius 1 is 1.42 bits per heavy atom. The van der Waals surface area contributed by atoms with Gasteiger partial charge in [0.2, 0.25) is 0 Å². The predicted molar refractivity (Wildman–Crippen MR) is 38.8 cm³/mol. The molecule has 0 aromatic carbocycles. The van der Waals surface area contributed by atoms with Crippen LogP contribution < -0.4 is 29.6 Å². The first kappa shape index (κ1) is 18.6. The van der Waals surface area contributed by atoms with Gasteiger partial charge in [-0.25, -0.2) is 8.42 Å². The van der Waals surface area contributed by atoms with Crippen LogP contribution in [0, 0.1) is 5.92 Å². The number of aliphatic hydroxyl groups is 1. The molecular weight excluding hydrogens is 195 g/mol. The summed E-state index contributed by atoms with van der Waals surface area (Å²) in [6.07, 6.45) is 0.00579. The number of hydrogen-bond donors (Lipinski definition) is 1. The minimum Gasteiger partial charge on any atom is -0.746 e. The van der Waals surface area contributed by atoms with Gasteiger partial charge in [0.15, 0.2) is 0 Å². The zero-order chi connectivity index (χ0) is 8.36. The molecule has 0 rings (SSSR count). The van der Waals surface area contributed by atoms with Crippen LogP contribution in [0.2, 0.25) is 0 Å². The quantitative estimate of drug-likeness (QED) is 0.377. The second kappa shape index (κ2) is 7.25. The summed E-state index contributed by atoms with van der Waals surface area (Å²) in [6.45, 7) is 3.46. The van der Waals surface area contributed by atoms with Crippen molar-refractivity contribution < 1.29 is 53.1 Å². The second-order valence-corrected chi connectivity index (χ2v) is 4.11. The minimum atomic E-state index is -4.49. The van der Waals surface area contributed by atoms with Gasteiger partial charge in [0, 0.05) is 0 Å². The largest absolute Gasteiger partial charge is 1.00 e. The van der Waals surface area contributed by atoms with Crippen molar-refractivity contribution in [1.82, 2.24) is 0 Å². The van der Waals surface area contributed by atoms with Gasteiger partial charge in [0.25, 0.3) is 0 Å². The molecule has 3 N–H and O–H groups in total. The van der Waals surface area contributed by atoms with Crippen LogP contribution in [0.15, 0.2) is 0 Å². The molecule has 0 radical (unpaired) electrons. The Balaban J connectivity index is -0.000000405. The molecule has 0 aromatic heterocycles. The van der Waals surface area contributed by atoms with E-state index in [0.29, 0.717) is 0 Å². The maximum absolute atomic E-state index is 10.1. The monoisotopic (exact) mass is 208 g/mol. The van der Waals surface area contributed by atoms with Crippen molar-refractivity contribution in [2.24, 2.45) is 5.92 Å². The molecule has 7 heteroatoms. The molecule has 0 amide bonds. The minimum absolute atomic E-state index is 0. The number of aliphatic hydroxyl groups excluding tert-OH is 1. The molecular formula is C5H13NaO5S. The molecule has 0 heterocycles. The van der Waals surface area contributed by atoms with E-state index in [1.807, 2.05) is 0 Å². The van der Waals surface area contributed by atoms with Crippen LogP contribution in [0.1, 0.15) is 20.3 Å². The first-order chi connectivity index (χ1) is 4.34. The van der Waals surface area contributed by atoms with Crippen LogP contribution in [0.3, 0.4) is 0 Å². The van der Waals surface area contributed by atoms with Gasteiger partial charge in [0.1, 0.15) is 15.6 Å². The summed E-state index contributed by atoms with van der Waals surface area (Å²) in [7, 11) is -4.49. The SMILES string of the molecule is CC(C)CC(O)S(=O)(=O)[O-].O.[Na+]. The molecule has 0 bridgehead atoms. The summed E-state index contributed by atoms with van der Waals surface area (Å²) in [5, 5.41) is 8.66. The van der Waals surface area contributed by atoms with Gasteiger partial charge in [-0.1, -0.05) is 13.8 Å². The average molecular weight is 208 g/mol. The van der Waals surface area contributed by atoms with Gasteiger partial charge in [-0.2, -0.15) is 0 Å². The Bertz CT molecular complexity index is 188. The molecule has 0 fully saturated rings. The zero-order valence-corrected chi connectivity index (χ0v) is 10.3. The van der Waals surface area contributed by atoms with Crippen LogP contribution in [-0.2, 0) is 10.1 Å². The fourth-order valence-electron chi connectivity index (χ4n) is 0.521. The molecule has 0 saturated carbocycles. The van der Waals surface area contributed by atoms with E-state index in [0.717, 1.165) is 0 Å². The third kappa shape index (κ3) is 8.92. The number of rotatable bonds is 3. The molecule has 0 aliphatic heterocycles. The summed E-state index contributed by atoms with van der Waals surface area (Å²) < 4.78 is 30.2. The second-order valence-electron chi connectivity index (χ2n) is 2.58. The Hall–Kier alpha value is 0.830. The summed E-state index contributed by atoms with van der Waals surface area (Å²) >= 11 is 0. The maximum atomic E-state index is 10.1. The predicted octanol–water partition coefficient (Wildman–Crippen LogP) is -3.92. The van der Waals surface area contributed by atoms with Crippen LogP contribution in [0.25, 0.3) is 0 Å². The third-order valence-electron chi connectivity index (χ3n) is 1.01. The van der Waals surface area contributed by atoms with Crippen molar-refractivity contribution in [3.8, 4) is 0 Å². The standard InChI is InChI=1S/C5H12O4S.Na.H2O/c1-4(2)3-5(6)10(7,8)9;;/h4-6H,3H2,1-2H3,(H,7,8,9);;1H2/q;+1;/p-1. The fourth-order valence-corrected chi connectivity index (χ4v) is 1.14. The van der Waals surface area contributed by atoms with Crippen LogP contribution in [0.4, 0.5) is 0 Å². The van der Waals surface area contributed by atoms with E-state index in [4.69, 9.17) is 5.11 Å². The number of hydrogen-bond acceptors (Lipinski definition) is 4. The van der Waals surface area contributed by atoms with Gasteiger partial charge >= 0.3 is 29.6 Å². The van der Waals surface area contributed by atoms with Crippen molar-refractivity contribution in [2.75, 3.05) is 0 Å². The van der Waals surface area contributed by atoms with Crippen molar-refractivity contribution in [1.29, 1.82) is 0 Å². The topological polar surface area (TPSA) is 109 Å². The fraction of sp³-hybridized carbons (Fsp3) is 1.00. The van der Waals surface area contributed by atoms with Crippen molar-refractivity contribution in [3.05, 3.63) is 0 Å². The van der Waals surface area contributed by atoms with E-state index < -0.39 is 15.6 Å². The Kier molecular flexibility index (Phi) is 11.2. The first-order valence-corrected chi connectivity index (χ1v) is 4.44. The summed E-state index contributed by atoms with van der Waals surface area (Å²) in [6, 6.07) is 0. The normalized spacial score (nSPS) is 13.1. The van der Waals surface area contributed by atoms with Gasteiger partial charge in [-0.3, -0.25) is 0 Å². The molecule has 12 heavy (non-hydrogen) atoms. The van der Waals surface area contributed by atoms with Crippen LogP contribution >= 0.6 is 0 Å². The smallest absolute Gasteiger partial charge is 0.746 e. The van der Waals surface area contributed by atoms with E-state index in [2.05, 4.69) is 0 Å². The van der Waals surface area contributed by atoms with Gasteiger partial charge in [0.05, 0.1) is 0 Å². The van der Waals surface area contributed by atoms with Crippen LogP contribution in [0.5, 0.6) is 0 Å².